The Bertz CT molecular complexity index is 423. The summed E-state index contributed by atoms with van der Waals surface area (Å²) in [5.41, 5.74) is 0.787. The summed E-state index contributed by atoms with van der Waals surface area (Å²) < 4.78 is 5.49. The lowest BCUT2D eigenvalue weighted by molar-refractivity contribution is -0.143. The number of halogens is 2. The Hall–Kier alpha value is -0.840. The van der Waals surface area contributed by atoms with E-state index in [0.717, 1.165) is 10.0 Å². The first-order valence-corrected chi connectivity index (χ1v) is 6.14. The maximum Gasteiger partial charge on any atom is 0.327 e. The molecule has 0 amide bonds. The van der Waals surface area contributed by atoms with Crippen molar-refractivity contribution in [3.63, 3.8) is 0 Å². The van der Waals surface area contributed by atoms with Crippen LogP contribution in [0.25, 0.3) is 0 Å². The first-order valence-electron chi connectivity index (χ1n) is 4.97. The van der Waals surface area contributed by atoms with E-state index in [2.05, 4.69) is 27.8 Å². The lowest BCUT2D eigenvalue weighted by atomic mass is 10.1. The van der Waals surface area contributed by atoms with Crippen molar-refractivity contribution in [1.82, 2.24) is 5.32 Å². The zero-order valence-electron chi connectivity index (χ0n) is 9.37. The number of hydrogen-bond acceptors (Lipinski definition) is 3. The van der Waals surface area contributed by atoms with E-state index in [9.17, 15) is 4.79 Å². The molecule has 0 spiro atoms. The van der Waals surface area contributed by atoms with E-state index in [1.807, 2.05) is 0 Å². The number of carbonyl (C=O) groups excluding carboxylic acids is 1. The highest BCUT2D eigenvalue weighted by Crippen LogP contribution is 2.26. The molecule has 0 aliphatic carbocycles. The van der Waals surface area contributed by atoms with Crippen molar-refractivity contribution >= 4 is 33.5 Å². The predicted octanol–water partition coefficient (Wildman–Crippen LogP) is 3.09. The Kier molecular flexibility index (Phi) is 5.68. The molecule has 0 aliphatic heterocycles. The largest absolute Gasteiger partial charge is 0.468 e. The summed E-state index contributed by atoms with van der Waals surface area (Å²) in [6, 6.07) is 4.78. The van der Waals surface area contributed by atoms with Gasteiger partial charge in [0.1, 0.15) is 6.04 Å². The van der Waals surface area contributed by atoms with Crippen LogP contribution in [0.2, 0.25) is 5.02 Å². The summed E-state index contributed by atoms with van der Waals surface area (Å²) in [6.45, 7) is 4.11. The Morgan fingerprint density at radius 2 is 2.41 bits per heavy atom. The lowest BCUT2D eigenvalue weighted by Crippen LogP contribution is -2.29. The molecule has 1 aromatic carbocycles. The van der Waals surface area contributed by atoms with Gasteiger partial charge in [-0.3, -0.25) is 5.32 Å². The van der Waals surface area contributed by atoms with E-state index in [1.165, 1.54) is 7.11 Å². The molecule has 0 fully saturated rings. The molecule has 0 aromatic heterocycles. The zero-order chi connectivity index (χ0) is 12.8. The molecule has 0 saturated carbocycles. The maximum absolute atomic E-state index is 11.6. The van der Waals surface area contributed by atoms with E-state index in [4.69, 9.17) is 16.3 Å². The van der Waals surface area contributed by atoms with E-state index < -0.39 is 6.04 Å². The van der Waals surface area contributed by atoms with Gasteiger partial charge in [0, 0.05) is 11.0 Å². The predicted molar refractivity (Wildman–Crippen MR) is 72.1 cm³/mol. The highest BCUT2D eigenvalue weighted by molar-refractivity contribution is 9.10. The van der Waals surface area contributed by atoms with Gasteiger partial charge in [0.2, 0.25) is 0 Å². The van der Waals surface area contributed by atoms with Crippen molar-refractivity contribution in [3.8, 4) is 0 Å². The molecule has 1 unspecified atom stereocenters. The van der Waals surface area contributed by atoms with Crippen molar-refractivity contribution < 1.29 is 9.53 Å². The van der Waals surface area contributed by atoms with Gasteiger partial charge >= 0.3 is 5.97 Å². The third kappa shape index (κ3) is 3.84. The monoisotopic (exact) mass is 317 g/mol. The van der Waals surface area contributed by atoms with Crippen LogP contribution in [0, 0.1) is 0 Å². The van der Waals surface area contributed by atoms with Gasteiger partial charge in [0.05, 0.1) is 12.1 Å². The molecule has 0 saturated heterocycles. The van der Waals surface area contributed by atoms with Gasteiger partial charge in [-0.2, -0.15) is 0 Å². The van der Waals surface area contributed by atoms with E-state index in [0.29, 0.717) is 11.6 Å². The minimum Gasteiger partial charge on any atom is -0.468 e. The smallest absolute Gasteiger partial charge is 0.327 e. The third-order valence-electron chi connectivity index (χ3n) is 2.18. The van der Waals surface area contributed by atoms with Crippen LogP contribution in [0.1, 0.15) is 11.6 Å². The molecule has 0 bridgehead atoms. The fourth-order valence-electron chi connectivity index (χ4n) is 1.35. The maximum atomic E-state index is 11.6. The van der Waals surface area contributed by atoms with E-state index in [1.54, 1.807) is 24.3 Å². The van der Waals surface area contributed by atoms with Gasteiger partial charge < -0.3 is 4.74 Å². The van der Waals surface area contributed by atoms with Crippen LogP contribution in [-0.4, -0.2) is 19.6 Å². The highest BCUT2D eigenvalue weighted by atomic mass is 79.9. The molecule has 0 aliphatic rings. The van der Waals surface area contributed by atoms with Crippen LogP contribution in [0.5, 0.6) is 0 Å². The molecule has 5 heteroatoms. The summed E-state index contributed by atoms with van der Waals surface area (Å²) in [5, 5.41) is 3.62. The third-order valence-corrected chi connectivity index (χ3v) is 3.39. The van der Waals surface area contributed by atoms with Gasteiger partial charge in [-0.15, -0.1) is 6.58 Å². The lowest BCUT2D eigenvalue weighted by Gasteiger charge is -2.16. The number of hydrogen-bond donors (Lipinski definition) is 1. The number of ether oxygens (including phenoxy) is 1. The molecular weight excluding hydrogens is 305 g/mol. The fourth-order valence-corrected chi connectivity index (χ4v) is 1.86. The van der Waals surface area contributed by atoms with Crippen molar-refractivity contribution in [2.75, 3.05) is 13.7 Å². The molecule has 0 heterocycles. The van der Waals surface area contributed by atoms with Crippen LogP contribution >= 0.6 is 27.5 Å². The quantitative estimate of drug-likeness (QED) is 0.670. The van der Waals surface area contributed by atoms with Crippen molar-refractivity contribution in [2.24, 2.45) is 0 Å². The average Bonchev–Trinajstić information content (AvgIpc) is 2.33. The molecule has 3 nitrogen and oxygen atoms in total. The topological polar surface area (TPSA) is 38.3 Å². The first kappa shape index (κ1) is 14.2. The van der Waals surface area contributed by atoms with Crippen molar-refractivity contribution in [1.29, 1.82) is 0 Å². The van der Waals surface area contributed by atoms with E-state index >= 15 is 0 Å². The molecule has 1 atom stereocenters. The van der Waals surface area contributed by atoms with Gasteiger partial charge in [-0.1, -0.05) is 23.7 Å². The average molecular weight is 319 g/mol. The molecular formula is C12H13BrClNO2. The number of carbonyl (C=O) groups is 1. The standard InChI is InChI=1S/C12H13BrClNO2/c1-3-6-15-11(12(16)17-2)8-4-5-10(14)9(13)7-8/h3-5,7,11,15H,1,6H2,2H3. The Morgan fingerprint density at radius 1 is 1.71 bits per heavy atom. The molecule has 92 valence electrons. The number of methoxy groups -OCH3 is 1. The number of rotatable bonds is 5. The summed E-state index contributed by atoms with van der Waals surface area (Å²) in [5.74, 6) is -0.346. The SMILES string of the molecule is C=CCNC(C(=O)OC)c1ccc(Cl)c(Br)c1. The Balaban J connectivity index is 2.98. The van der Waals surface area contributed by atoms with Crippen LogP contribution in [0.3, 0.4) is 0 Å². The first-order chi connectivity index (χ1) is 8.10. The number of nitrogens with one attached hydrogen (secondary N) is 1. The van der Waals surface area contributed by atoms with Gasteiger partial charge in [-0.25, -0.2) is 4.79 Å². The Morgan fingerprint density at radius 3 is 2.94 bits per heavy atom. The van der Waals surface area contributed by atoms with Crippen LogP contribution in [0.15, 0.2) is 35.3 Å². The molecule has 1 rings (SSSR count). The highest BCUT2D eigenvalue weighted by Gasteiger charge is 2.20. The van der Waals surface area contributed by atoms with Crippen molar-refractivity contribution in [3.05, 3.63) is 45.9 Å². The van der Waals surface area contributed by atoms with Crippen LogP contribution in [0.4, 0.5) is 0 Å². The molecule has 1 N–H and O–H groups in total. The minimum atomic E-state index is -0.522. The summed E-state index contributed by atoms with van der Waals surface area (Å²) in [4.78, 5) is 11.6. The fraction of sp³-hybridized carbons (Fsp3) is 0.250. The summed E-state index contributed by atoms with van der Waals surface area (Å²) >= 11 is 9.23. The van der Waals surface area contributed by atoms with E-state index in [-0.39, 0.29) is 5.97 Å². The molecule has 1 aromatic rings. The van der Waals surface area contributed by atoms with Crippen LogP contribution in [-0.2, 0) is 9.53 Å². The normalized spacial score (nSPS) is 11.9. The second kappa shape index (κ2) is 6.79. The molecule has 0 radical (unpaired) electrons. The van der Waals surface area contributed by atoms with Gasteiger partial charge in [-0.05, 0) is 33.6 Å². The van der Waals surface area contributed by atoms with Crippen LogP contribution < -0.4 is 5.32 Å². The number of esters is 1. The summed E-state index contributed by atoms with van der Waals surface area (Å²) in [6.07, 6.45) is 1.68. The number of benzene rings is 1. The Labute approximate surface area is 114 Å². The molecule has 17 heavy (non-hydrogen) atoms. The second-order valence-corrected chi connectivity index (χ2v) is 4.59. The minimum absolute atomic E-state index is 0.346. The zero-order valence-corrected chi connectivity index (χ0v) is 11.7. The van der Waals surface area contributed by atoms with Crippen molar-refractivity contribution in [2.45, 2.75) is 6.04 Å². The van der Waals surface area contributed by atoms with Gasteiger partial charge in [0.15, 0.2) is 0 Å². The summed E-state index contributed by atoms with van der Waals surface area (Å²) in [7, 11) is 1.36. The van der Waals surface area contributed by atoms with Gasteiger partial charge in [0.25, 0.3) is 0 Å². The second-order valence-electron chi connectivity index (χ2n) is 3.33.